The Morgan fingerprint density at radius 3 is 1.59 bits per heavy atom. The number of hydrogen-bond donors (Lipinski definition) is 0. The van der Waals surface area contributed by atoms with Crippen LogP contribution in [0.2, 0.25) is 0 Å². The molecular weight excluding hydrogens is 354 g/mol. The smallest absolute Gasteiger partial charge is 0.268 e. The quantitative estimate of drug-likeness (QED) is 0.399. The van der Waals surface area contributed by atoms with Gasteiger partial charge in [0.1, 0.15) is 5.39 Å². The molecular formula is C18H9N3O6. The molecule has 9 nitrogen and oxygen atoms in total. The molecule has 3 aromatic rings. The van der Waals surface area contributed by atoms with Gasteiger partial charge < -0.3 is 0 Å². The number of anilines is 1. The third-order valence-corrected chi connectivity index (χ3v) is 4.39. The molecule has 0 aliphatic carbocycles. The van der Waals surface area contributed by atoms with Gasteiger partial charge in [-0.3, -0.25) is 29.8 Å². The molecule has 0 aromatic heterocycles. The molecule has 1 heterocycles. The van der Waals surface area contributed by atoms with Crippen molar-refractivity contribution in [3.8, 4) is 0 Å². The lowest BCUT2D eigenvalue weighted by Gasteiger charge is -2.27. The van der Waals surface area contributed by atoms with E-state index in [1.807, 2.05) is 0 Å². The maximum atomic E-state index is 12.9. The van der Waals surface area contributed by atoms with Crippen molar-refractivity contribution < 1.29 is 19.4 Å². The third-order valence-electron chi connectivity index (χ3n) is 4.39. The van der Waals surface area contributed by atoms with Crippen molar-refractivity contribution in [1.29, 1.82) is 0 Å². The summed E-state index contributed by atoms with van der Waals surface area (Å²) in [6.07, 6.45) is 0. The summed E-state index contributed by atoms with van der Waals surface area (Å²) in [5, 5.41) is 22.3. The minimum atomic E-state index is -0.769. The summed E-state index contributed by atoms with van der Waals surface area (Å²) in [5.74, 6) is -1.39. The van der Waals surface area contributed by atoms with Crippen LogP contribution in [0.1, 0.15) is 20.7 Å². The number of nitrogens with zero attached hydrogens (tertiary/aromatic N) is 3. The number of carbonyl (C=O) groups excluding carboxylic acids is 2. The van der Waals surface area contributed by atoms with E-state index in [-0.39, 0.29) is 21.9 Å². The first-order valence-electron chi connectivity index (χ1n) is 7.74. The first-order valence-corrected chi connectivity index (χ1v) is 7.74. The first kappa shape index (κ1) is 16.3. The topological polar surface area (TPSA) is 124 Å². The number of benzene rings is 3. The van der Waals surface area contributed by atoms with Gasteiger partial charge in [0.25, 0.3) is 23.2 Å². The fourth-order valence-electron chi connectivity index (χ4n) is 3.27. The maximum absolute atomic E-state index is 12.9. The standard InChI is InChI=1S/C18H9N3O6/c22-17-11-6-8-13(20(24)25)16-14(21(26)27)9-7-12(15(11)16)18(23)19(17)10-4-2-1-3-5-10/h1-9H. The number of carbonyl (C=O) groups is 2. The highest BCUT2D eigenvalue weighted by Crippen LogP contribution is 2.41. The van der Waals surface area contributed by atoms with Gasteiger partial charge in [-0.25, -0.2) is 4.90 Å². The van der Waals surface area contributed by atoms with Crippen molar-refractivity contribution in [1.82, 2.24) is 0 Å². The monoisotopic (exact) mass is 363 g/mol. The number of non-ortho nitro benzene ring substituents is 2. The van der Waals surface area contributed by atoms with Gasteiger partial charge in [0, 0.05) is 28.6 Å². The number of nitro benzene ring substituents is 2. The van der Waals surface area contributed by atoms with Crippen molar-refractivity contribution in [2.24, 2.45) is 0 Å². The molecule has 0 bridgehead atoms. The molecule has 9 heteroatoms. The van der Waals surface area contributed by atoms with Crippen molar-refractivity contribution >= 4 is 39.6 Å². The van der Waals surface area contributed by atoms with E-state index in [4.69, 9.17) is 0 Å². The van der Waals surface area contributed by atoms with Crippen LogP contribution in [0.15, 0.2) is 54.6 Å². The SMILES string of the molecule is O=C1c2ccc([N+](=O)[O-])c3c([N+](=O)[O-])ccc(c23)C(=O)N1c1ccccc1. The van der Waals surface area contributed by atoms with Gasteiger partial charge in [-0.1, -0.05) is 18.2 Å². The van der Waals surface area contributed by atoms with E-state index in [0.29, 0.717) is 5.69 Å². The summed E-state index contributed by atoms with van der Waals surface area (Å²) < 4.78 is 0. The normalized spacial score (nSPS) is 13.1. The average Bonchev–Trinajstić information content (AvgIpc) is 2.65. The number of amides is 2. The predicted octanol–water partition coefficient (Wildman–Crippen LogP) is 3.46. The van der Waals surface area contributed by atoms with Gasteiger partial charge in [0.05, 0.1) is 15.5 Å². The Morgan fingerprint density at radius 1 is 0.667 bits per heavy atom. The molecule has 0 saturated carbocycles. The van der Waals surface area contributed by atoms with Gasteiger partial charge in [0.2, 0.25) is 0 Å². The van der Waals surface area contributed by atoms with E-state index in [1.54, 1.807) is 30.3 Å². The molecule has 0 saturated heterocycles. The molecule has 0 unspecified atom stereocenters. The summed E-state index contributed by atoms with van der Waals surface area (Å²) >= 11 is 0. The number of rotatable bonds is 3. The number of hydrogen-bond acceptors (Lipinski definition) is 6. The van der Waals surface area contributed by atoms with Crippen LogP contribution in [-0.4, -0.2) is 21.7 Å². The molecule has 1 aliphatic heterocycles. The molecule has 0 radical (unpaired) electrons. The number of nitro groups is 2. The van der Waals surface area contributed by atoms with Gasteiger partial charge in [-0.05, 0) is 24.3 Å². The van der Waals surface area contributed by atoms with E-state index >= 15 is 0 Å². The zero-order valence-corrected chi connectivity index (χ0v) is 13.5. The minimum absolute atomic E-state index is 0.00208. The summed E-state index contributed by atoms with van der Waals surface area (Å²) in [7, 11) is 0. The zero-order valence-electron chi connectivity index (χ0n) is 13.5. The molecule has 4 rings (SSSR count). The molecule has 0 fully saturated rings. The van der Waals surface area contributed by atoms with Gasteiger partial charge in [-0.2, -0.15) is 0 Å². The second-order valence-electron chi connectivity index (χ2n) is 5.81. The third kappa shape index (κ3) is 2.25. The van der Waals surface area contributed by atoms with Crippen molar-refractivity contribution in [3.63, 3.8) is 0 Å². The molecule has 132 valence electrons. The van der Waals surface area contributed by atoms with E-state index in [9.17, 15) is 29.8 Å². The summed E-state index contributed by atoms with van der Waals surface area (Å²) in [5.41, 5.74) is -0.731. The highest BCUT2D eigenvalue weighted by atomic mass is 16.6. The van der Waals surface area contributed by atoms with E-state index in [0.717, 1.165) is 17.0 Å². The van der Waals surface area contributed by atoms with Gasteiger partial charge in [0.15, 0.2) is 0 Å². The molecule has 2 amide bonds. The minimum Gasteiger partial charge on any atom is -0.268 e. The van der Waals surface area contributed by atoms with Crippen LogP contribution in [0.5, 0.6) is 0 Å². The lowest BCUT2D eigenvalue weighted by atomic mass is 9.91. The van der Waals surface area contributed by atoms with Gasteiger partial charge >= 0.3 is 0 Å². The van der Waals surface area contributed by atoms with Crippen LogP contribution >= 0.6 is 0 Å². The molecule has 0 atom stereocenters. The highest BCUT2D eigenvalue weighted by molar-refractivity contribution is 6.37. The van der Waals surface area contributed by atoms with E-state index < -0.39 is 33.0 Å². The molecule has 3 aromatic carbocycles. The molecule has 0 N–H and O–H groups in total. The van der Waals surface area contributed by atoms with Crippen LogP contribution in [-0.2, 0) is 0 Å². The summed E-state index contributed by atoms with van der Waals surface area (Å²) in [4.78, 5) is 48.0. The maximum Gasteiger partial charge on any atom is 0.284 e. The Morgan fingerprint density at radius 2 is 1.15 bits per heavy atom. The molecule has 1 aliphatic rings. The van der Waals surface area contributed by atoms with E-state index in [1.165, 1.54) is 12.1 Å². The number of para-hydroxylation sites is 1. The predicted molar refractivity (Wildman–Crippen MR) is 94.8 cm³/mol. The molecule has 0 spiro atoms. The van der Waals surface area contributed by atoms with Gasteiger partial charge in [-0.15, -0.1) is 0 Å². The fraction of sp³-hybridized carbons (Fsp3) is 0. The Kier molecular flexibility index (Phi) is 3.45. The van der Waals surface area contributed by atoms with Crippen LogP contribution in [0.4, 0.5) is 17.1 Å². The van der Waals surface area contributed by atoms with Crippen LogP contribution < -0.4 is 4.90 Å². The van der Waals surface area contributed by atoms with Crippen molar-refractivity contribution in [2.75, 3.05) is 4.90 Å². The average molecular weight is 363 g/mol. The number of imide groups is 1. The highest BCUT2D eigenvalue weighted by Gasteiger charge is 2.38. The summed E-state index contributed by atoms with van der Waals surface area (Å²) in [6, 6.07) is 12.7. The van der Waals surface area contributed by atoms with E-state index in [2.05, 4.69) is 0 Å². The lowest BCUT2D eigenvalue weighted by Crippen LogP contribution is -2.40. The fourth-order valence-corrected chi connectivity index (χ4v) is 3.27. The van der Waals surface area contributed by atoms with Crippen molar-refractivity contribution in [2.45, 2.75) is 0 Å². The Bertz CT molecular complexity index is 1100. The van der Waals surface area contributed by atoms with Crippen molar-refractivity contribution in [3.05, 3.63) is 86.0 Å². The molecule has 27 heavy (non-hydrogen) atoms. The summed E-state index contributed by atoms with van der Waals surface area (Å²) in [6.45, 7) is 0. The zero-order chi connectivity index (χ0) is 19.3. The van der Waals surface area contributed by atoms with Crippen LogP contribution in [0.3, 0.4) is 0 Å². The largest absolute Gasteiger partial charge is 0.284 e. The Balaban J connectivity index is 2.09. The van der Waals surface area contributed by atoms with Crippen LogP contribution in [0.25, 0.3) is 10.8 Å². The second kappa shape index (κ2) is 5.70. The Hall–Kier alpha value is -4.14. The first-order chi connectivity index (χ1) is 12.9. The Labute approximate surface area is 150 Å². The second-order valence-corrected chi connectivity index (χ2v) is 5.81. The lowest BCUT2D eigenvalue weighted by molar-refractivity contribution is -0.390. The van der Waals surface area contributed by atoms with Crippen LogP contribution in [0, 0.1) is 20.2 Å².